The molecule has 1 heterocycles. The fourth-order valence-corrected chi connectivity index (χ4v) is 1.72. The van der Waals surface area contributed by atoms with Crippen LogP contribution in [0.4, 0.5) is 0 Å². The summed E-state index contributed by atoms with van der Waals surface area (Å²) in [5.41, 5.74) is 2.53. The molecule has 0 saturated carbocycles. The van der Waals surface area contributed by atoms with Gasteiger partial charge in [0.15, 0.2) is 0 Å². The van der Waals surface area contributed by atoms with Crippen molar-refractivity contribution < 1.29 is 0 Å². The summed E-state index contributed by atoms with van der Waals surface area (Å²) >= 11 is 0. The van der Waals surface area contributed by atoms with Crippen LogP contribution < -0.4 is 5.32 Å². The first-order valence-corrected chi connectivity index (χ1v) is 6.07. The fraction of sp³-hybridized carbons (Fsp3) is 0.615. The fourth-order valence-electron chi connectivity index (χ4n) is 1.72. The average Bonchev–Trinajstić information content (AvgIpc) is 2.67. The smallest absolute Gasteiger partial charge is 0.0522 e. The molecule has 2 N–H and O–H groups in total. The van der Waals surface area contributed by atoms with Gasteiger partial charge in [-0.15, -0.1) is 6.58 Å². The van der Waals surface area contributed by atoms with Crippen molar-refractivity contribution in [2.24, 2.45) is 0 Å². The molecule has 16 heavy (non-hydrogen) atoms. The number of allylic oxidation sites excluding steroid dienone is 1. The van der Waals surface area contributed by atoms with E-state index in [1.807, 2.05) is 12.3 Å². The van der Waals surface area contributed by atoms with Crippen LogP contribution in [-0.4, -0.2) is 22.8 Å². The van der Waals surface area contributed by atoms with Crippen molar-refractivity contribution in [2.75, 3.05) is 6.54 Å². The molecule has 3 heteroatoms. The molecule has 1 aromatic heterocycles. The summed E-state index contributed by atoms with van der Waals surface area (Å²) in [4.78, 5) is 0. The maximum Gasteiger partial charge on any atom is 0.0522 e. The van der Waals surface area contributed by atoms with Gasteiger partial charge in [0, 0.05) is 11.7 Å². The molecule has 0 aliphatic rings. The lowest BCUT2D eigenvalue weighted by atomic mass is 10.1. The second kappa shape index (κ2) is 7.23. The molecule has 0 fully saturated rings. The van der Waals surface area contributed by atoms with Crippen LogP contribution in [0.3, 0.4) is 0 Å². The van der Waals surface area contributed by atoms with Gasteiger partial charge in [-0.25, -0.2) is 0 Å². The highest BCUT2D eigenvalue weighted by molar-refractivity contribution is 5.14. The molecule has 1 rings (SSSR count). The molecule has 0 amide bonds. The highest BCUT2D eigenvalue weighted by Gasteiger charge is 2.01. The highest BCUT2D eigenvalue weighted by atomic mass is 15.1. The minimum absolute atomic E-state index is 0.587. The highest BCUT2D eigenvalue weighted by Crippen LogP contribution is 2.05. The Kier molecular flexibility index (Phi) is 5.86. The Balaban J connectivity index is 2.08. The third kappa shape index (κ3) is 4.62. The first-order valence-electron chi connectivity index (χ1n) is 6.07. The summed E-state index contributed by atoms with van der Waals surface area (Å²) in [6.07, 6.45) is 8.44. The van der Waals surface area contributed by atoms with Gasteiger partial charge in [0.1, 0.15) is 0 Å². The zero-order valence-corrected chi connectivity index (χ0v) is 10.4. The lowest BCUT2D eigenvalue weighted by Gasteiger charge is -2.12. The van der Waals surface area contributed by atoms with Crippen molar-refractivity contribution in [3.63, 3.8) is 0 Å². The summed E-state index contributed by atoms with van der Waals surface area (Å²) in [6, 6.07) is 0.587. The van der Waals surface area contributed by atoms with E-state index < -0.39 is 0 Å². The Morgan fingerprint density at radius 3 is 3.06 bits per heavy atom. The van der Waals surface area contributed by atoms with Gasteiger partial charge in [0.2, 0.25) is 0 Å². The van der Waals surface area contributed by atoms with Crippen molar-refractivity contribution in [3.8, 4) is 0 Å². The van der Waals surface area contributed by atoms with Crippen LogP contribution in [0, 0.1) is 6.92 Å². The number of aromatic amines is 1. The predicted octanol–water partition coefficient (Wildman–Crippen LogP) is 2.60. The number of nitrogens with zero attached hydrogens (tertiary/aromatic N) is 1. The van der Waals surface area contributed by atoms with E-state index >= 15 is 0 Å². The van der Waals surface area contributed by atoms with Gasteiger partial charge in [-0.1, -0.05) is 6.08 Å². The molecule has 1 atom stereocenters. The van der Waals surface area contributed by atoms with Gasteiger partial charge >= 0.3 is 0 Å². The SMILES string of the molecule is C=CCCC(C)NCCCc1cn[nH]c1C. The predicted molar refractivity (Wildman–Crippen MR) is 68.5 cm³/mol. The zero-order valence-electron chi connectivity index (χ0n) is 10.4. The summed E-state index contributed by atoms with van der Waals surface area (Å²) in [7, 11) is 0. The molecule has 1 unspecified atom stereocenters. The Labute approximate surface area is 98.3 Å². The number of nitrogens with one attached hydrogen (secondary N) is 2. The normalized spacial score (nSPS) is 12.6. The molecular formula is C13H23N3. The van der Waals surface area contributed by atoms with E-state index in [2.05, 4.69) is 35.9 Å². The first-order chi connectivity index (χ1) is 7.74. The topological polar surface area (TPSA) is 40.7 Å². The number of hydrogen-bond acceptors (Lipinski definition) is 2. The molecule has 0 aliphatic heterocycles. The Bertz CT molecular complexity index is 304. The number of aryl methyl sites for hydroxylation is 2. The molecule has 90 valence electrons. The van der Waals surface area contributed by atoms with Gasteiger partial charge < -0.3 is 5.32 Å². The van der Waals surface area contributed by atoms with Gasteiger partial charge in [-0.2, -0.15) is 5.10 Å². The van der Waals surface area contributed by atoms with E-state index in [-0.39, 0.29) is 0 Å². The van der Waals surface area contributed by atoms with Crippen LogP contribution in [0.2, 0.25) is 0 Å². The lowest BCUT2D eigenvalue weighted by Crippen LogP contribution is -2.27. The van der Waals surface area contributed by atoms with Gasteiger partial charge in [0.25, 0.3) is 0 Å². The molecule has 1 aromatic rings. The standard InChI is InChI=1S/C13H23N3/c1-4-5-7-11(2)14-9-6-8-13-10-15-16-12(13)3/h4,10-11,14H,1,5-9H2,2-3H3,(H,15,16). The minimum atomic E-state index is 0.587. The Morgan fingerprint density at radius 2 is 2.44 bits per heavy atom. The zero-order chi connectivity index (χ0) is 11.8. The molecular weight excluding hydrogens is 198 g/mol. The van der Waals surface area contributed by atoms with E-state index in [9.17, 15) is 0 Å². The number of hydrogen-bond donors (Lipinski definition) is 2. The van der Waals surface area contributed by atoms with Crippen LogP contribution in [0.15, 0.2) is 18.9 Å². The first kappa shape index (κ1) is 13.0. The summed E-state index contributed by atoms with van der Waals surface area (Å²) < 4.78 is 0. The molecule has 0 radical (unpaired) electrons. The van der Waals surface area contributed by atoms with Crippen molar-refractivity contribution in [1.29, 1.82) is 0 Å². The lowest BCUT2D eigenvalue weighted by molar-refractivity contribution is 0.510. The average molecular weight is 221 g/mol. The maximum atomic E-state index is 4.02. The Hall–Kier alpha value is -1.09. The molecule has 0 saturated heterocycles. The van der Waals surface area contributed by atoms with Gasteiger partial charge in [-0.05, 0) is 51.6 Å². The van der Waals surface area contributed by atoms with Crippen LogP contribution in [-0.2, 0) is 6.42 Å². The van der Waals surface area contributed by atoms with Crippen molar-refractivity contribution in [3.05, 3.63) is 30.1 Å². The van der Waals surface area contributed by atoms with Crippen molar-refractivity contribution in [1.82, 2.24) is 15.5 Å². The number of H-pyrrole nitrogens is 1. The second-order valence-corrected chi connectivity index (χ2v) is 4.34. The second-order valence-electron chi connectivity index (χ2n) is 4.34. The van der Waals surface area contributed by atoms with Crippen molar-refractivity contribution >= 4 is 0 Å². The maximum absolute atomic E-state index is 4.02. The molecule has 3 nitrogen and oxygen atoms in total. The monoisotopic (exact) mass is 221 g/mol. The third-order valence-electron chi connectivity index (χ3n) is 2.85. The molecule has 0 aromatic carbocycles. The van der Waals surface area contributed by atoms with E-state index in [0.29, 0.717) is 6.04 Å². The van der Waals surface area contributed by atoms with Crippen LogP contribution in [0.1, 0.15) is 37.4 Å². The molecule has 0 spiro atoms. The quantitative estimate of drug-likeness (QED) is 0.523. The summed E-state index contributed by atoms with van der Waals surface area (Å²) in [6.45, 7) is 9.11. The Morgan fingerprint density at radius 1 is 1.62 bits per heavy atom. The van der Waals surface area contributed by atoms with Crippen molar-refractivity contribution in [2.45, 2.75) is 45.6 Å². The summed E-state index contributed by atoms with van der Waals surface area (Å²) in [5.74, 6) is 0. The largest absolute Gasteiger partial charge is 0.314 e. The van der Waals surface area contributed by atoms with Gasteiger partial charge in [0.05, 0.1) is 6.20 Å². The molecule has 0 aliphatic carbocycles. The number of rotatable bonds is 8. The minimum Gasteiger partial charge on any atom is -0.314 e. The van der Waals surface area contributed by atoms with Crippen LogP contribution in [0.5, 0.6) is 0 Å². The third-order valence-corrected chi connectivity index (χ3v) is 2.85. The van der Waals surface area contributed by atoms with E-state index in [0.717, 1.165) is 19.4 Å². The van der Waals surface area contributed by atoms with E-state index in [1.54, 1.807) is 0 Å². The summed E-state index contributed by atoms with van der Waals surface area (Å²) in [5, 5.41) is 10.5. The van der Waals surface area contributed by atoms with E-state index in [4.69, 9.17) is 0 Å². The van der Waals surface area contributed by atoms with E-state index in [1.165, 1.54) is 24.1 Å². The van der Waals surface area contributed by atoms with Crippen LogP contribution in [0.25, 0.3) is 0 Å². The number of aromatic nitrogens is 2. The van der Waals surface area contributed by atoms with Crippen LogP contribution >= 0.6 is 0 Å². The molecule has 0 bridgehead atoms. The van der Waals surface area contributed by atoms with Gasteiger partial charge in [-0.3, -0.25) is 5.10 Å².